The second-order valence-corrected chi connectivity index (χ2v) is 7.40. The number of aryl methyl sites for hydroxylation is 1. The zero-order valence-electron chi connectivity index (χ0n) is 17.8. The van der Waals surface area contributed by atoms with Crippen LogP contribution in [0.15, 0.2) is 46.3 Å². The molecule has 1 heterocycles. The second kappa shape index (κ2) is 9.53. The molecule has 0 spiro atoms. The number of nitrogens with one attached hydrogen (secondary N) is 3. The molecular formula is C22H19ClN4O6. The lowest BCUT2D eigenvalue weighted by Gasteiger charge is -2.12. The first kappa shape index (κ1) is 23.5. The number of benzene rings is 2. The number of H-pyrrole nitrogens is 1. The van der Waals surface area contributed by atoms with Crippen molar-refractivity contribution in [1.29, 1.82) is 0 Å². The highest BCUT2D eigenvalue weighted by atomic mass is 35.5. The predicted molar refractivity (Wildman–Crippen MR) is 125 cm³/mol. The lowest BCUT2D eigenvalue weighted by Crippen LogP contribution is -2.29. The number of carboxylic acids is 1. The summed E-state index contributed by atoms with van der Waals surface area (Å²) in [5, 5.41) is 16.5. The summed E-state index contributed by atoms with van der Waals surface area (Å²) in [6, 6.07) is 8.48. The maximum atomic E-state index is 12.7. The number of pyridine rings is 1. The Morgan fingerprint density at radius 3 is 2.48 bits per heavy atom. The van der Waals surface area contributed by atoms with E-state index < -0.39 is 23.4 Å². The number of amides is 1. The smallest absolute Gasteiger partial charge is 0.335 e. The molecule has 3 aromatic rings. The fraction of sp³-hybridized carbons (Fsp3) is 0.136. The maximum Gasteiger partial charge on any atom is 0.335 e. The standard InChI is InChI=1S/C22H19ClN4O6/c1-10-6-19(29)24-15-9-16(14(23)8-13(10)15)26-27-20(11(2)28)21(30)25-17-7-12(22(31)32)4-5-18(17)33-3/h4-9,26H,1-3H3,(H,24,29)(H,25,30)(H,31,32)/b27-20+. The van der Waals surface area contributed by atoms with E-state index in [0.717, 1.165) is 17.9 Å². The molecule has 11 heteroatoms. The number of rotatable bonds is 7. The number of ketones is 1. The van der Waals surface area contributed by atoms with E-state index >= 15 is 0 Å². The first-order chi connectivity index (χ1) is 15.6. The molecule has 0 atom stereocenters. The number of hydrogen-bond acceptors (Lipinski definition) is 7. The summed E-state index contributed by atoms with van der Waals surface area (Å²) in [5.74, 6) is -2.55. The van der Waals surface area contributed by atoms with E-state index in [0.29, 0.717) is 5.52 Å². The van der Waals surface area contributed by atoms with Crippen LogP contribution >= 0.6 is 11.6 Å². The second-order valence-electron chi connectivity index (χ2n) is 7.00. The molecule has 1 aromatic heterocycles. The third-order valence-corrected chi connectivity index (χ3v) is 4.98. The van der Waals surface area contributed by atoms with Crippen molar-refractivity contribution >= 4 is 57.3 Å². The van der Waals surface area contributed by atoms with Gasteiger partial charge in [-0.3, -0.25) is 19.8 Å². The number of aromatic amines is 1. The molecule has 0 radical (unpaired) electrons. The van der Waals surface area contributed by atoms with Gasteiger partial charge in [-0.1, -0.05) is 11.6 Å². The van der Waals surface area contributed by atoms with Crippen LogP contribution in [-0.2, 0) is 9.59 Å². The van der Waals surface area contributed by atoms with Crippen molar-refractivity contribution in [2.75, 3.05) is 17.9 Å². The number of carbonyl (C=O) groups is 3. The third kappa shape index (κ3) is 5.18. The van der Waals surface area contributed by atoms with Gasteiger partial charge in [0.05, 0.1) is 34.6 Å². The van der Waals surface area contributed by atoms with Gasteiger partial charge >= 0.3 is 5.97 Å². The summed E-state index contributed by atoms with van der Waals surface area (Å²) in [6.07, 6.45) is 0. The van der Waals surface area contributed by atoms with Crippen molar-refractivity contribution in [3.63, 3.8) is 0 Å². The highest BCUT2D eigenvalue weighted by Crippen LogP contribution is 2.29. The highest BCUT2D eigenvalue weighted by Gasteiger charge is 2.20. The third-order valence-electron chi connectivity index (χ3n) is 4.67. The quantitative estimate of drug-likeness (QED) is 0.235. The molecule has 0 saturated heterocycles. The summed E-state index contributed by atoms with van der Waals surface area (Å²) in [7, 11) is 1.35. The number of aromatic nitrogens is 1. The average Bonchev–Trinajstić information content (AvgIpc) is 2.74. The van der Waals surface area contributed by atoms with Gasteiger partial charge in [-0.05, 0) is 42.8 Å². The van der Waals surface area contributed by atoms with Crippen LogP contribution in [0.3, 0.4) is 0 Å². The van der Waals surface area contributed by atoms with Crippen LogP contribution in [0.25, 0.3) is 10.9 Å². The lowest BCUT2D eigenvalue weighted by atomic mass is 10.1. The fourth-order valence-corrected chi connectivity index (χ4v) is 3.26. The van der Waals surface area contributed by atoms with Crippen LogP contribution in [0, 0.1) is 6.92 Å². The number of nitrogens with zero attached hydrogens (tertiary/aromatic N) is 1. The van der Waals surface area contributed by atoms with Gasteiger partial charge in [0.25, 0.3) is 5.91 Å². The molecule has 170 valence electrons. The number of halogens is 1. The number of ether oxygens (including phenoxy) is 1. The van der Waals surface area contributed by atoms with E-state index in [9.17, 15) is 24.3 Å². The van der Waals surface area contributed by atoms with Crippen molar-refractivity contribution < 1.29 is 24.2 Å². The summed E-state index contributed by atoms with van der Waals surface area (Å²) in [4.78, 5) is 50.5. The number of anilines is 2. The molecule has 0 fully saturated rings. The van der Waals surface area contributed by atoms with Crippen LogP contribution in [0.5, 0.6) is 5.75 Å². The van der Waals surface area contributed by atoms with Gasteiger partial charge in [-0.15, -0.1) is 0 Å². The van der Waals surface area contributed by atoms with Crippen LogP contribution in [-0.4, -0.2) is 40.6 Å². The van der Waals surface area contributed by atoms with Crippen LogP contribution in [0.1, 0.15) is 22.8 Å². The number of carbonyl (C=O) groups excluding carboxylic acids is 2. The Kier molecular flexibility index (Phi) is 6.78. The topological polar surface area (TPSA) is 150 Å². The summed E-state index contributed by atoms with van der Waals surface area (Å²) >= 11 is 6.29. The van der Waals surface area contributed by atoms with Gasteiger partial charge < -0.3 is 20.1 Å². The van der Waals surface area contributed by atoms with Crippen molar-refractivity contribution in [3.8, 4) is 5.75 Å². The normalized spacial score (nSPS) is 11.2. The molecular weight excluding hydrogens is 452 g/mol. The van der Waals surface area contributed by atoms with Gasteiger partial charge in [0, 0.05) is 18.4 Å². The molecule has 10 nitrogen and oxygen atoms in total. The van der Waals surface area contributed by atoms with Crippen molar-refractivity contribution in [2.24, 2.45) is 5.10 Å². The monoisotopic (exact) mass is 470 g/mol. The van der Waals surface area contributed by atoms with E-state index in [4.69, 9.17) is 16.3 Å². The summed E-state index contributed by atoms with van der Waals surface area (Å²) in [6.45, 7) is 2.92. The number of methoxy groups -OCH3 is 1. The number of Topliss-reactive ketones (excluding diaryl/α,β-unsaturated/α-hetero) is 1. The van der Waals surface area contributed by atoms with E-state index in [1.807, 2.05) is 0 Å². The fourth-order valence-electron chi connectivity index (χ4n) is 3.06. The van der Waals surface area contributed by atoms with Crippen molar-refractivity contribution in [1.82, 2.24) is 4.98 Å². The van der Waals surface area contributed by atoms with Crippen LogP contribution in [0.4, 0.5) is 11.4 Å². The Hall–Kier alpha value is -4.18. The molecule has 1 amide bonds. The predicted octanol–water partition coefficient (Wildman–Crippen LogP) is 3.19. The Morgan fingerprint density at radius 2 is 1.85 bits per heavy atom. The minimum atomic E-state index is -1.20. The zero-order chi connectivity index (χ0) is 24.3. The van der Waals surface area contributed by atoms with E-state index in [2.05, 4.69) is 20.8 Å². The number of fused-ring (bicyclic) bond motifs is 1. The molecule has 0 aliphatic rings. The first-order valence-corrected chi connectivity index (χ1v) is 9.89. The number of carboxylic acid groups (broad SMARTS) is 1. The minimum Gasteiger partial charge on any atom is -0.495 e. The molecule has 0 saturated carbocycles. The zero-order valence-corrected chi connectivity index (χ0v) is 18.5. The molecule has 4 N–H and O–H groups in total. The van der Waals surface area contributed by atoms with Gasteiger partial charge in [-0.2, -0.15) is 5.10 Å². The molecule has 3 rings (SSSR count). The highest BCUT2D eigenvalue weighted by molar-refractivity contribution is 6.67. The van der Waals surface area contributed by atoms with Crippen LogP contribution < -0.4 is 21.0 Å². The molecule has 0 unspecified atom stereocenters. The van der Waals surface area contributed by atoms with Gasteiger partial charge in [0.15, 0.2) is 11.5 Å². The summed E-state index contributed by atoms with van der Waals surface area (Å²) in [5.41, 5.74) is 3.23. The Balaban J connectivity index is 1.93. The van der Waals surface area contributed by atoms with E-state index in [1.165, 1.54) is 37.4 Å². The van der Waals surface area contributed by atoms with Crippen LogP contribution in [0.2, 0.25) is 5.02 Å². The average molecular weight is 471 g/mol. The first-order valence-electron chi connectivity index (χ1n) is 9.51. The molecule has 0 aliphatic carbocycles. The Morgan fingerprint density at radius 1 is 1.12 bits per heavy atom. The van der Waals surface area contributed by atoms with Gasteiger partial charge in [-0.25, -0.2) is 4.79 Å². The van der Waals surface area contributed by atoms with Gasteiger partial charge in [0.2, 0.25) is 5.56 Å². The Labute approximate surface area is 192 Å². The Bertz CT molecular complexity index is 1380. The van der Waals surface area contributed by atoms with E-state index in [-0.39, 0.29) is 33.3 Å². The lowest BCUT2D eigenvalue weighted by molar-refractivity contribution is -0.114. The number of aromatic carboxylic acids is 1. The summed E-state index contributed by atoms with van der Waals surface area (Å²) < 4.78 is 5.13. The van der Waals surface area contributed by atoms with E-state index in [1.54, 1.807) is 13.0 Å². The number of hydrazone groups is 1. The molecule has 0 aliphatic heterocycles. The maximum absolute atomic E-state index is 12.7. The SMILES string of the molecule is COc1ccc(C(=O)O)cc1NC(=O)/C(=N/Nc1cc2[nH]c(=O)cc(C)c2cc1Cl)C(C)=O. The minimum absolute atomic E-state index is 0.0492. The number of hydrogen-bond donors (Lipinski definition) is 4. The molecule has 2 aromatic carbocycles. The van der Waals surface area contributed by atoms with Crippen molar-refractivity contribution in [3.05, 3.63) is 62.9 Å². The molecule has 33 heavy (non-hydrogen) atoms. The molecule has 0 bridgehead atoms. The van der Waals surface area contributed by atoms with Crippen molar-refractivity contribution in [2.45, 2.75) is 13.8 Å². The van der Waals surface area contributed by atoms with Gasteiger partial charge in [0.1, 0.15) is 5.75 Å². The largest absolute Gasteiger partial charge is 0.495 e.